The van der Waals surface area contributed by atoms with Crippen LogP contribution in [0.3, 0.4) is 0 Å². The van der Waals surface area contributed by atoms with Gasteiger partial charge in [0, 0.05) is 43.1 Å². The maximum Gasteiger partial charge on any atom is 0.145 e. The quantitative estimate of drug-likeness (QED) is 0.538. The zero-order valence-electron chi connectivity index (χ0n) is 18.3. The largest absolute Gasteiger partial charge is 0.383 e. The molecule has 2 N–H and O–H groups in total. The van der Waals surface area contributed by atoms with Crippen LogP contribution in [0.1, 0.15) is 22.5 Å². The van der Waals surface area contributed by atoms with Crippen molar-refractivity contribution in [3.05, 3.63) is 65.1 Å². The van der Waals surface area contributed by atoms with Gasteiger partial charge >= 0.3 is 0 Å². The molecule has 0 unspecified atom stereocenters. The topological polar surface area (TPSA) is 95.0 Å². The molecule has 2 aromatic heterocycles. The third kappa shape index (κ3) is 3.59. The van der Waals surface area contributed by atoms with Crippen LogP contribution in [-0.4, -0.2) is 46.0 Å². The van der Waals surface area contributed by atoms with E-state index in [-0.39, 0.29) is 0 Å². The van der Waals surface area contributed by atoms with Crippen LogP contribution in [0.5, 0.6) is 0 Å². The first-order valence-corrected chi connectivity index (χ1v) is 10.8. The number of anilines is 2. The van der Waals surface area contributed by atoms with E-state index < -0.39 is 0 Å². The molecule has 7 nitrogen and oxygen atoms in total. The van der Waals surface area contributed by atoms with Gasteiger partial charge in [0.25, 0.3) is 0 Å². The molecule has 1 aliphatic heterocycles. The van der Waals surface area contributed by atoms with Crippen molar-refractivity contribution in [2.45, 2.75) is 20.4 Å². The third-order valence-electron chi connectivity index (χ3n) is 6.13. The smallest absolute Gasteiger partial charge is 0.145 e. The van der Waals surface area contributed by atoms with E-state index in [1.54, 1.807) is 6.20 Å². The van der Waals surface area contributed by atoms with E-state index in [4.69, 9.17) is 10.7 Å². The van der Waals surface area contributed by atoms with Gasteiger partial charge in [-0.15, -0.1) is 0 Å². The second-order valence-electron chi connectivity index (χ2n) is 8.42. The lowest BCUT2D eigenvalue weighted by molar-refractivity contribution is 0.244. The molecular weight excluding hydrogens is 398 g/mol. The molecule has 0 atom stereocenters. The molecule has 0 amide bonds. The van der Waals surface area contributed by atoms with Crippen LogP contribution >= 0.6 is 0 Å². The molecule has 0 spiro atoms. The van der Waals surface area contributed by atoms with Gasteiger partial charge in [-0.2, -0.15) is 5.26 Å². The fraction of sp³-hybridized carbons (Fsp3) is 0.280. The fourth-order valence-electron chi connectivity index (χ4n) is 4.62. The highest BCUT2D eigenvalue weighted by Crippen LogP contribution is 2.32. The molecule has 3 heterocycles. The Morgan fingerprint density at radius 2 is 1.81 bits per heavy atom. The van der Waals surface area contributed by atoms with Crippen LogP contribution < -0.4 is 10.6 Å². The zero-order valence-corrected chi connectivity index (χ0v) is 18.3. The average molecular weight is 424 g/mol. The highest BCUT2D eigenvalue weighted by molar-refractivity contribution is 5.96. The molecule has 1 fully saturated rings. The summed E-state index contributed by atoms with van der Waals surface area (Å²) in [6.07, 6.45) is 1.71. The summed E-state index contributed by atoms with van der Waals surface area (Å²) in [6, 6.07) is 14.5. The second-order valence-corrected chi connectivity index (χ2v) is 8.42. The van der Waals surface area contributed by atoms with Crippen molar-refractivity contribution in [3.63, 3.8) is 0 Å². The predicted molar refractivity (Wildman–Crippen MR) is 127 cm³/mol. The third-order valence-corrected chi connectivity index (χ3v) is 6.13. The SMILES string of the molecule is Cc1cc(C)c2ncc(C#N)c(N3CCN(Cc4nc(N)c5ccccc5n4)CC3)c2c1. The maximum atomic E-state index is 9.75. The molecule has 1 saturated heterocycles. The Morgan fingerprint density at radius 1 is 1.03 bits per heavy atom. The van der Waals surface area contributed by atoms with E-state index in [2.05, 4.69) is 51.8 Å². The van der Waals surface area contributed by atoms with Crippen LogP contribution in [0.25, 0.3) is 21.8 Å². The number of rotatable bonds is 3. The van der Waals surface area contributed by atoms with Gasteiger partial charge in [0.05, 0.1) is 28.8 Å². The number of aromatic nitrogens is 3. The number of benzene rings is 2. The summed E-state index contributed by atoms with van der Waals surface area (Å²) in [7, 11) is 0. The Kier molecular flexibility index (Phi) is 5.08. The first kappa shape index (κ1) is 20.2. The van der Waals surface area contributed by atoms with Gasteiger partial charge in [-0.3, -0.25) is 9.88 Å². The lowest BCUT2D eigenvalue weighted by Gasteiger charge is -2.36. The standard InChI is InChI=1S/C25H25N7/c1-16-11-17(2)23-20(12-16)24(18(13-26)14-28-23)32-9-7-31(8-10-32)15-22-29-21-6-4-3-5-19(21)25(27)30-22/h3-6,11-12,14H,7-10,15H2,1-2H3,(H2,27,29,30). The van der Waals surface area contributed by atoms with E-state index in [1.807, 2.05) is 24.3 Å². The summed E-state index contributed by atoms with van der Waals surface area (Å²) in [5.41, 5.74) is 11.9. The Balaban J connectivity index is 1.39. The average Bonchev–Trinajstić information content (AvgIpc) is 2.79. The number of nitrogens with zero attached hydrogens (tertiary/aromatic N) is 6. The summed E-state index contributed by atoms with van der Waals surface area (Å²) < 4.78 is 0. The van der Waals surface area contributed by atoms with Crippen LogP contribution in [-0.2, 0) is 6.54 Å². The summed E-state index contributed by atoms with van der Waals surface area (Å²) in [5.74, 6) is 1.27. The Morgan fingerprint density at radius 3 is 2.59 bits per heavy atom. The molecule has 2 aromatic carbocycles. The van der Waals surface area contributed by atoms with Gasteiger partial charge in [-0.05, 0) is 37.6 Å². The maximum absolute atomic E-state index is 9.75. The molecule has 0 radical (unpaired) electrons. The van der Waals surface area contributed by atoms with Crippen molar-refractivity contribution in [1.82, 2.24) is 19.9 Å². The second kappa shape index (κ2) is 8.06. The van der Waals surface area contributed by atoms with Gasteiger partial charge in [0.2, 0.25) is 0 Å². The molecule has 0 saturated carbocycles. The number of nitrogens with two attached hydrogens (primary N) is 1. The zero-order chi connectivity index (χ0) is 22.2. The minimum absolute atomic E-state index is 0.525. The van der Waals surface area contributed by atoms with Gasteiger partial charge in [0.1, 0.15) is 17.7 Å². The lowest BCUT2D eigenvalue weighted by Crippen LogP contribution is -2.46. The van der Waals surface area contributed by atoms with Gasteiger partial charge < -0.3 is 10.6 Å². The van der Waals surface area contributed by atoms with E-state index in [1.165, 1.54) is 5.56 Å². The van der Waals surface area contributed by atoms with Crippen molar-refractivity contribution in [2.75, 3.05) is 36.8 Å². The normalized spacial score (nSPS) is 14.7. The monoisotopic (exact) mass is 423 g/mol. The number of fused-ring (bicyclic) bond motifs is 2. The van der Waals surface area contributed by atoms with E-state index >= 15 is 0 Å². The summed E-state index contributed by atoms with van der Waals surface area (Å²) >= 11 is 0. The van der Waals surface area contributed by atoms with Crippen LogP contribution in [0.2, 0.25) is 0 Å². The van der Waals surface area contributed by atoms with Gasteiger partial charge in [0.15, 0.2) is 0 Å². The number of pyridine rings is 1. The van der Waals surface area contributed by atoms with Crippen LogP contribution in [0, 0.1) is 25.2 Å². The van der Waals surface area contributed by atoms with E-state index in [0.717, 1.165) is 65.1 Å². The highest BCUT2D eigenvalue weighted by Gasteiger charge is 2.23. The number of nitrogen functional groups attached to an aromatic ring is 1. The van der Waals surface area contributed by atoms with Gasteiger partial charge in [-0.25, -0.2) is 9.97 Å². The predicted octanol–water partition coefficient (Wildman–Crippen LogP) is 3.57. The Labute approximate surface area is 187 Å². The number of aryl methyl sites for hydroxylation is 2. The van der Waals surface area contributed by atoms with Gasteiger partial charge in [-0.1, -0.05) is 23.8 Å². The molecule has 7 heteroatoms. The molecule has 160 valence electrons. The van der Waals surface area contributed by atoms with E-state index in [9.17, 15) is 5.26 Å². The number of hydrogen-bond donors (Lipinski definition) is 1. The molecule has 4 aromatic rings. The summed E-state index contributed by atoms with van der Waals surface area (Å²) in [4.78, 5) is 18.4. The number of piperazine rings is 1. The number of nitriles is 1. The summed E-state index contributed by atoms with van der Waals surface area (Å²) in [6.45, 7) is 8.18. The minimum atomic E-state index is 0.525. The molecule has 0 aliphatic carbocycles. The first-order chi connectivity index (χ1) is 15.5. The van der Waals surface area contributed by atoms with E-state index in [0.29, 0.717) is 17.9 Å². The lowest BCUT2D eigenvalue weighted by atomic mass is 10.0. The van der Waals surface area contributed by atoms with Crippen molar-refractivity contribution < 1.29 is 0 Å². The fourth-order valence-corrected chi connectivity index (χ4v) is 4.62. The molecule has 32 heavy (non-hydrogen) atoms. The van der Waals surface area contributed by atoms with Crippen molar-refractivity contribution >= 4 is 33.3 Å². The first-order valence-electron chi connectivity index (χ1n) is 10.8. The minimum Gasteiger partial charge on any atom is -0.383 e. The molecule has 0 bridgehead atoms. The molecular formula is C25H25N7. The van der Waals surface area contributed by atoms with Crippen molar-refractivity contribution in [2.24, 2.45) is 0 Å². The molecule has 1 aliphatic rings. The summed E-state index contributed by atoms with van der Waals surface area (Å²) in [5, 5.41) is 11.7. The van der Waals surface area contributed by atoms with Crippen LogP contribution in [0.15, 0.2) is 42.6 Å². The number of para-hydroxylation sites is 1. The van der Waals surface area contributed by atoms with Crippen molar-refractivity contribution in [3.8, 4) is 6.07 Å². The van der Waals surface area contributed by atoms with Crippen molar-refractivity contribution in [1.29, 1.82) is 5.26 Å². The number of hydrogen-bond acceptors (Lipinski definition) is 7. The highest BCUT2D eigenvalue weighted by atomic mass is 15.3. The Bertz CT molecular complexity index is 1360. The molecule has 5 rings (SSSR count). The Hall–Kier alpha value is -3.76. The van der Waals surface area contributed by atoms with Crippen LogP contribution in [0.4, 0.5) is 11.5 Å².